The van der Waals surface area contributed by atoms with Crippen molar-refractivity contribution in [3.05, 3.63) is 11.6 Å². The van der Waals surface area contributed by atoms with E-state index in [0.717, 1.165) is 32.1 Å². The smallest absolute Gasteiger partial charge is 0.302 e. The van der Waals surface area contributed by atoms with Crippen LogP contribution in [0.4, 0.5) is 0 Å². The molecular formula is C25H38O4. The molecule has 0 aromatic carbocycles. The molecule has 0 aromatic rings. The molecule has 0 aromatic heterocycles. The van der Waals surface area contributed by atoms with E-state index < -0.39 is 0 Å². The minimum atomic E-state index is -0.164. The Morgan fingerprint density at radius 3 is 2.52 bits per heavy atom. The SMILES string of the molecule is CC(=O)OC[C@]12C(=C[C@@H](C)[C@H]3[C@@H]4CC[C@H](OC(C)=O)[C@@]4(C)CC[C@@H]31)CCC[C@@H]2C. The summed E-state index contributed by atoms with van der Waals surface area (Å²) in [6.07, 6.45) is 10.6. The van der Waals surface area contributed by atoms with Gasteiger partial charge in [0.1, 0.15) is 12.7 Å². The summed E-state index contributed by atoms with van der Waals surface area (Å²) in [5.41, 5.74) is 1.64. The molecule has 3 fully saturated rings. The average molecular weight is 403 g/mol. The van der Waals surface area contributed by atoms with Crippen molar-refractivity contribution in [2.75, 3.05) is 6.61 Å². The third kappa shape index (κ3) is 3.16. The van der Waals surface area contributed by atoms with Crippen LogP contribution in [0, 0.1) is 40.4 Å². The van der Waals surface area contributed by atoms with E-state index in [-0.39, 0.29) is 28.9 Å². The fourth-order valence-corrected chi connectivity index (χ4v) is 8.11. The third-order valence-electron chi connectivity index (χ3n) is 9.36. The van der Waals surface area contributed by atoms with Crippen molar-refractivity contribution < 1.29 is 19.1 Å². The number of carbonyl (C=O) groups excluding carboxylic acids is 2. The molecule has 0 N–H and O–H groups in total. The number of carbonyl (C=O) groups is 2. The topological polar surface area (TPSA) is 52.6 Å². The Bertz CT molecular complexity index is 712. The molecule has 4 aliphatic rings. The highest BCUT2D eigenvalue weighted by Gasteiger charge is 2.63. The highest BCUT2D eigenvalue weighted by Crippen LogP contribution is 2.67. The van der Waals surface area contributed by atoms with Crippen LogP contribution in [0.15, 0.2) is 11.6 Å². The second kappa shape index (κ2) is 7.42. The Morgan fingerprint density at radius 2 is 1.83 bits per heavy atom. The summed E-state index contributed by atoms with van der Waals surface area (Å²) < 4.78 is 11.6. The normalized spacial score (nSPS) is 46.0. The number of allylic oxidation sites excluding steroid dienone is 1. The largest absolute Gasteiger partial charge is 0.465 e. The molecule has 0 heterocycles. The minimum Gasteiger partial charge on any atom is -0.465 e. The molecule has 4 nitrogen and oxygen atoms in total. The van der Waals surface area contributed by atoms with Crippen LogP contribution in [-0.2, 0) is 19.1 Å². The quantitative estimate of drug-likeness (QED) is 0.474. The lowest BCUT2D eigenvalue weighted by atomic mass is 9.44. The number of esters is 2. The van der Waals surface area contributed by atoms with Crippen LogP contribution < -0.4 is 0 Å². The fraction of sp³-hybridized carbons (Fsp3) is 0.840. The van der Waals surface area contributed by atoms with Crippen molar-refractivity contribution in [1.82, 2.24) is 0 Å². The molecule has 29 heavy (non-hydrogen) atoms. The Hall–Kier alpha value is -1.32. The van der Waals surface area contributed by atoms with Gasteiger partial charge >= 0.3 is 11.9 Å². The lowest BCUT2D eigenvalue weighted by Crippen LogP contribution is -2.57. The van der Waals surface area contributed by atoms with Gasteiger partial charge in [0.25, 0.3) is 0 Å². The summed E-state index contributed by atoms with van der Waals surface area (Å²) >= 11 is 0. The molecule has 4 rings (SSSR count). The van der Waals surface area contributed by atoms with Gasteiger partial charge in [0.2, 0.25) is 0 Å². The monoisotopic (exact) mass is 402 g/mol. The Balaban J connectivity index is 1.72. The molecule has 3 saturated carbocycles. The summed E-state index contributed by atoms with van der Waals surface area (Å²) in [7, 11) is 0. The van der Waals surface area contributed by atoms with Gasteiger partial charge in [-0.05, 0) is 74.5 Å². The first-order valence-electron chi connectivity index (χ1n) is 11.7. The first kappa shape index (κ1) is 20.9. The summed E-state index contributed by atoms with van der Waals surface area (Å²) in [6.45, 7) is 10.8. The molecule has 0 amide bonds. The van der Waals surface area contributed by atoms with Gasteiger partial charge in [-0.15, -0.1) is 0 Å². The van der Waals surface area contributed by atoms with Crippen LogP contribution in [0.3, 0.4) is 0 Å². The molecule has 4 aliphatic carbocycles. The van der Waals surface area contributed by atoms with Crippen LogP contribution in [0.1, 0.15) is 79.6 Å². The number of rotatable bonds is 3. The maximum atomic E-state index is 11.8. The average Bonchev–Trinajstić information content (AvgIpc) is 2.96. The molecule has 0 radical (unpaired) electrons. The van der Waals surface area contributed by atoms with E-state index in [1.807, 2.05) is 0 Å². The van der Waals surface area contributed by atoms with Crippen molar-refractivity contribution in [1.29, 1.82) is 0 Å². The molecule has 0 saturated heterocycles. The van der Waals surface area contributed by atoms with E-state index >= 15 is 0 Å². The van der Waals surface area contributed by atoms with E-state index in [0.29, 0.717) is 36.2 Å². The predicted octanol–water partition coefficient (Wildman–Crippen LogP) is 5.31. The summed E-state index contributed by atoms with van der Waals surface area (Å²) in [6, 6.07) is 0. The van der Waals surface area contributed by atoms with Gasteiger partial charge in [0.05, 0.1) is 0 Å². The van der Waals surface area contributed by atoms with E-state index in [9.17, 15) is 9.59 Å². The molecular weight excluding hydrogens is 364 g/mol. The van der Waals surface area contributed by atoms with Gasteiger partial charge in [-0.3, -0.25) is 9.59 Å². The van der Waals surface area contributed by atoms with E-state index in [2.05, 4.69) is 26.8 Å². The standard InChI is InChI=1S/C25H38O4/c1-15-13-19-8-6-7-16(2)25(19,14-28-17(3)26)21-11-12-24(5)20(23(15)21)9-10-22(24)29-18(4)27/h13,15-16,20-23H,6-12,14H2,1-5H3/t15-,16+,20+,21+,22+,23+,24+,25+/m1/s1. The van der Waals surface area contributed by atoms with Crippen LogP contribution in [0.2, 0.25) is 0 Å². The van der Waals surface area contributed by atoms with Gasteiger partial charge in [-0.25, -0.2) is 0 Å². The number of hydrogen-bond donors (Lipinski definition) is 0. The van der Waals surface area contributed by atoms with Gasteiger partial charge in [-0.2, -0.15) is 0 Å². The van der Waals surface area contributed by atoms with Gasteiger partial charge < -0.3 is 9.47 Å². The highest BCUT2D eigenvalue weighted by molar-refractivity contribution is 5.66. The summed E-state index contributed by atoms with van der Waals surface area (Å²) in [4.78, 5) is 23.5. The minimum absolute atomic E-state index is 0.00193. The molecule has 0 unspecified atom stereocenters. The maximum absolute atomic E-state index is 11.8. The Kier molecular flexibility index (Phi) is 5.36. The highest BCUT2D eigenvalue weighted by atomic mass is 16.5. The molecule has 4 heteroatoms. The zero-order chi connectivity index (χ0) is 21.0. The van der Waals surface area contributed by atoms with Crippen molar-refractivity contribution in [3.8, 4) is 0 Å². The van der Waals surface area contributed by atoms with Crippen molar-refractivity contribution in [3.63, 3.8) is 0 Å². The van der Waals surface area contributed by atoms with Crippen LogP contribution in [-0.4, -0.2) is 24.6 Å². The van der Waals surface area contributed by atoms with Crippen LogP contribution in [0.25, 0.3) is 0 Å². The maximum Gasteiger partial charge on any atom is 0.302 e. The van der Waals surface area contributed by atoms with Gasteiger partial charge in [-0.1, -0.05) is 32.4 Å². The fourth-order valence-electron chi connectivity index (χ4n) is 8.11. The number of fused-ring (bicyclic) bond motifs is 5. The predicted molar refractivity (Wildman–Crippen MR) is 112 cm³/mol. The number of hydrogen-bond acceptors (Lipinski definition) is 4. The van der Waals surface area contributed by atoms with Gasteiger partial charge in [0.15, 0.2) is 0 Å². The Labute approximate surface area is 175 Å². The molecule has 0 aliphatic heterocycles. The second-order valence-corrected chi connectivity index (χ2v) is 10.7. The first-order valence-corrected chi connectivity index (χ1v) is 11.7. The van der Waals surface area contributed by atoms with Crippen molar-refractivity contribution in [2.24, 2.45) is 40.4 Å². The van der Waals surface area contributed by atoms with Crippen molar-refractivity contribution >= 4 is 11.9 Å². The number of ether oxygens (including phenoxy) is 2. The van der Waals surface area contributed by atoms with Crippen LogP contribution in [0.5, 0.6) is 0 Å². The lowest BCUT2D eigenvalue weighted by molar-refractivity contribution is -0.163. The van der Waals surface area contributed by atoms with E-state index in [1.54, 1.807) is 12.5 Å². The molecule has 0 spiro atoms. The first-order chi connectivity index (χ1) is 13.7. The second-order valence-electron chi connectivity index (χ2n) is 10.7. The zero-order valence-electron chi connectivity index (χ0n) is 18.8. The summed E-state index contributed by atoms with van der Waals surface area (Å²) in [5, 5.41) is 0. The van der Waals surface area contributed by atoms with Gasteiger partial charge in [0, 0.05) is 24.7 Å². The Morgan fingerprint density at radius 1 is 1.07 bits per heavy atom. The molecule has 8 atom stereocenters. The lowest BCUT2D eigenvalue weighted by Gasteiger charge is -2.61. The van der Waals surface area contributed by atoms with E-state index in [4.69, 9.17) is 9.47 Å². The third-order valence-corrected chi connectivity index (χ3v) is 9.36. The zero-order valence-corrected chi connectivity index (χ0v) is 18.8. The van der Waals surface area contributed by atoms with E-state index in [1.165, 1.54) is 19.8 Å². The van der Waals surface area contributed by atoms with Crippen LogP contribution >= 0.6 is 0 Å². The van der Waals surface area contributed by atoms with Crippen molar-refractivity contribution in [2.45, 2.75) is 85.7 Å². The molecule has 162 valence electrons. The summed E-state index contributed by atoms with van der Waals surface area (Å²) in [5.74, 6) is 2.47. The molecule has 0 bridgehead atoms.